The van der Waals surface area contributed by atoms with Crippen molar-refractivity contribution in [2.24, 2.45) is 0 Å². The monoisotopic (exact) mass is 511 g/mol. The predicted molar refractivity (Wildman–Crippen MR) is 112 cm³/mol. The Labute approximate surface area is 177 Å². The predicted octanol–water partition coefficient (Wildman–Crippen LogP) is 1.44. The fourth-order valence-electron chi connectivity index (χ4n) is 2.63. The highest BCUT2D eigenvalue weighted by Crippen LogP contribution is 2.30. The van der Waals surface area contributed by atoms with Crippen LogP contribution in [0.3, 0.4) is 0 Å². The first-order valence-electron chi connectivity index (χ1n) is 7.82. The van der Waals surface area contributed by atoms with Gasteiger partial charge in [-0.05, 0) is 64.6 Å². The lowest BCUT2D eigenvalue weighted by atomic mass is 10.1. The first kappa shape index (κ1) is 20.0. The SMILES string of the molecule is C=c1[nH]n(-c2ccc(Cl)c(C(=O)O)c2)c(=O)c1=Cc1cc(I)c([O-])c(OC)c1. The minimum Gasteiger partial charge on any atom is -0.869 e. The number of carbonyl (C=O) groups is 1. The molecular formula is C19H13ClIN2O5-. The molecule has 0 saturated carbocycles. The van der Waals surface area contributed by atoms with Crippen molar-refractivity contribution in [3.63, 3.8) is 0 Å². The Bertz CT molecular complexity index is 1260. The van der Waals surface area contributed by atoms with Gasteiger partial charge in [-0.1, -0.05) is 23.9 Å². The molecule has 0 saturated heterocycles. The van der Waals surface area contributed by atoms with E-state index in [1.54, 1.807) is 12.1 Å². The van der Waals surface area contributed by atoms with E-state index in [2.05, 4.69) is 11.7 Å². The molecule has 1 heterocycles. The summed E-state index contributed by atoms with van der Waals surface area (Å²) in [6.45, 7) is 3.84. The molecule has 0 unspecified atom stereocenters. The maximum atomic E-state index is 12.9. The number of hydrogen-bond acceptors (Lipinski definition) is 4. The minimum atomic E-state index is -1.20. The van der Waals surface area contributed by atoms with E-state index >= 15 is 0 Å². The van der Waals surface area contributed by atoms with Crippen LogP contribution in [0.1, 0.15) is 15.9 Å². The van der Waals surface area contributed by atoms with Crippen molar-refractivity contribution in [2.75, 3.05) is 7.11 Å². The molecule has 0 atom stereocenters. The van der Waals surface area contributed by atoms with Crippen molar-refractivity contribution in [1.82, 2.24) is 9.78 Å². The molecule has 2 N–H and O–H groups in total. The number of aromatic amines is 1. The zero-order valence-corrected chi connectivity index (χ0v) is 17.4. The summed E-state index contributed by atoms with van der Waals surface area (Å²) in [5.41, 5.74) is 0.348. The first-order chi connectivity index (χ1) is 13.2. The van der Waals surface area contributed by atoms with Gasteiger partial charge in [-0.25, -0.2) is 9.48 Å². The van der Waals surface area contributed by atoms with Crippen LogP contribution < -0.4 is 26.0 Å². The van der Waals surface area contributed by atoms with Gasteiger partial charge in [-0.15, -0.1) is 0 Å². The van der Waals surface area contributed by atoms with Crippen LogP contribution in [0.15, 0.2) is 35.1 Å². The Hall–Kier alpha value is -2.72. The third-order valence-electron chi connectivity index (χ3n) is 4.01. The van der Waals surface area contributed by atoms with Gasteiger partial charge in [0.15, 0.2) is 0 Å². The molecule has 7 nitrogen and oxygen atoms in total. The molecule has 28 heavy (non-hydrogen) atoms. The molecule has 0 fully saturated rings. The Balaban J connectivity index is 2.19. The number of hydrogen-bond donors (Lipinski definition) is 2. The Morgan fingerprint density at radius 1 is 1.39 bits per heavy atom. The number of H-pyrrole nitrogens is 1. The average molecular weight is 512 g/mol. The van der Waals surface area contributed by atoms with Crippen molar-refractivity contribution in [3.8, 4) is 17.2 Å². The normalized spacial score (nSPS) is 11.6. The lowest BCUT2D eigenvalue weighted by molar-refractivity contribution is -0.271. The Morgan fingerprint density at radius 3 is 2.75 bits per heavy atom. The van der Waals surface area contributed by atoms with Gasteiger partial charge in [0.1, 0.15) is 5.75 Å². The van der Waals surface area contributed by atoms with Crippen LogP contribution in [0.5, 0.6) is 11.5 Å². The van der Waals surface area contributed by atoms with E-state index in [0.717, 1.165) is 0 Å². The van der Waals surface area contributed by atoms with Gasteiger partial charge in [0, 0.05) is 3.57 Å². The van der Waals surface area contributed by atoms with Crippen molar-refractivity contribution in [2.45, 2.75) is 0 Å². The summed E-state index contributed by atoms with van der Waals surface area (Å²) in [7, 11) is 1.40. The van der Waals surface area contributed by atoms with Crippen LogP contribution in [-0.2, 0) is 0 Å². The average Bonchev–Trinajstić information content (AvgIpc) is 2.92. The van der Waals surface area contributed by atoms with Crippen LogP contribution in [0.2, 0.25) is 5.02 Å². The topological polar surface area (TPSA) is 107 Å². The van der Waals surface area contributed by atoms with Gasteiger partial charge in [-0.2, -0.15) is 0 Å². The third kappa shape index (κ3) is 3.65. The maximum absolute atomic E-state index is 12.9. The zero-order valence-electron chi connectivity index (χ0n) is 14.5. The largest absolute Gasteiger partial charge is 0.869 e. The molecular weight excluding hydrogens is 499 g/mol. The third-order valence-corrected chi connectivity index (χ3v) is 5.14. The van der Waals surface area contributed by atoms with Crippen LogP contribution in [0.25, 0.3) is 18.3 Å². The number of nitrogens with zero attached hydrogens (tertiary/aromatic N) is 1. The maximum Gasteiger partial charge on any atom is 0.337 e. The van der Waals surface area contributed by atoms with Crippen LogP contribution in [0.4, 0.5) is 0 Å². The van der Waals surface area contributed by atoms with Gasteiger partial charge in [-0.3, -0.25) is 9.89 Å². The number of ether oxygens (including phenoxy) is 1. The number of nitrogens with one attached hydrogen (secondary N) is 1. The summed E-state index contributed by atoms with van der Waals surface area (Å²) in [4.78, 5) is 24.1. The van der Waals surface area contributed by atoms with Gasteiger partial charge < -0.3 is 14.9 Å². The molecule has 3 aromatic rings. The fraction of sp³-hybridized carbons (Fsp3) is 0.0526. The van der Waals surface area contributed by atoms with Gasteiger partial charge >= 0.3 is 5.97 Å². The molecule has 0 radical (unpaired) electrons. The lowest BCUT2D eigenvalue weighted by Gasteiger charge is -2.15. The smallest absolute Gasteiger partial charge is 0.337 e. The molecule has 0 aliphatic heterocycles. The molecule has 0 bridgehead atoms. The van der Waals surface area contributed by atoms with Crippen molar-refractivity contribution in [3.05, 3.63) is 71.0 Å². The highest BCUT2D eigenvalue weighted by molar-refractivity contribution is 14.1. The molecule has 0 amide bonds. The minimum absolute atomic E-state index is 0.0665. The summed E-state index contributed by atoms with van der Waals surface area (Å²) in [6.07, 6.45) is 1.58. The number of carboxylic acid groups (broad SMARTS) is 1. The summed E-state index contributed by atoms with van der Waals surface area (Å²) in [5.74, 6) is -1.26. The summed E-state index contributed by atoms with van der Waals surface area (Å²) in [5, 5.41) is 24.7. The van der Waals surface area contributed by atoms with E-state index in [-0.39, 0.29) is 27.3 Å². The quantitative estimate of drug-likeness (QED) is 0.516. The van der Waals surface area contributed by atoms with Gasteiger partial charge in [0.25, 0.3) is 5.56 Å². The highest BCUT2D eigenvalue weighted by Gasteiger charge is 2.12. The van der Waals surface area contributed by atoms with Crippen LogP contribution >= 0.6 is 34.2 Å². The fourth-order valence-corrected chi connectivity index (χ4v) is 3.46. The van der Waals surface area contributed by atoms with E-state index in [1.165, 1.54) is 36.1 Å². The number of carboxylic acids is 1. The molecule has 2 aromatic carbocycles. The lowest BCUT2D eigenvalue weighted by Crippen LogP contribution is -2.34. The molecule has 9 heteroatoms. The highest BCUT2D eigenvalue weighted by atomic mass is 127. The van der Waals surface area contributed by atoms with Crippen molar-refractivity contribution in [1.29, 1.82) is 0 Å². The second kappa shape index (κ2) is 7.72. The number of methoxy groups -OCH3 is 1. The van der Waals surface area contributed by atoms with E-state index in [9.17, 15) is 19.8 Å². The number of rotatable bonds is 4. The molecule has 0 aliphatic carbocycles. The van der Waals surface area contributed by atoms with Crippen LogP contribution in [-0.4, -0.2) is 28.0 Å². The second-order valence-corrected chi connectivity index (χ2v) is 7.36. The van der Waals surface area contributed by atoms with Crippen molar-refractivity contribution < 1.29 is 19.7 Å². The van der Waals surface area contributed by atoms with Crippen molar-refractivity contribution >= 4 is 52.8 Å². The molecule has 0 aliphatic rings. The van der Waals surface area contributed by atoms with Gasteiger partial charge in [0.05, 0.1) is 34.0 Å². The van der Waals surface area contributed by atoms with Crippen LogP contribution in [0, 0.1) is 3.57 Å². The Morgan fingerprint density at radius 2 is 2.11 bits per heavy atom. The number of aromatic carboxylic acids is 1. The standard InChI is InChI=1S/C19H14ClIN2O5/c1-9-12(5-10-6-15(21)17(24)16(7-10)28-2)18(25)23(22-9)11-3-4-14(20)13(8-11)19(26)27/h3-8,22,24H,1H2,2H3,(H,26,27)/p-1. The summed E-state index contributed by atoms with van der Waals surface area (Å²) < 4.78 is 6.71. The second-order valence-electron chi connectivity index (χ2n) is 5.79. The van der Waals surface area contributed by atoms with E-state index in [1.807, 2.05) is 22.6 Å². The zero-order chi connectivity index (χ0) is 20.6. The van der Waals surface area contributed by atoms with E-state index in [0.29, 0.717) is 20.2 Å². The number of halogens is 2. The number of benzene rings is 2. The van der Waals surface area contributed by atoms with E-state index < -0.39 is 11.5 Å². The van der Waals surface area contributed by atoms with Gasteiger partial charge in [0.2, 0.25) is 0 Å². The molecule has 1 aromatic heterocycles. The Kier molecular flexibility index (Phi) is 5.52. The van der Waals surface area contributed by atoms with E-state index in [4.69, 9.17) is 16.3 Å². The molecule has 144 valence electrons. The summed E-state index contributed by atoms with van der Waals surface area (Å²) in [6, 6.07) is 7.38. The summed E-state index contributed by atoms with van der Waals surface area (Å²) >= 11 is 7.78. The first-order valence-corrected chi connectivity index (χ1v) is 9.28. The molecule has 0 spiro atoms. The number of aromatic nitrogens is 2. The molecule has 3 rings (SSSR count).